The van der Waals surface area contributed by atoms with E-state index in [2.05, 4.69) is 40.7 Å². The van der Waals surface area contributed by atoms with Gasteiger partial charge in [0.25, 0.3) is 5.91 Å². The third-order valence-electron chi connectivity index (χ3n) is 5.93. The average Bonchev–Trinajstić information content (AvgIpc) is 3.24. The van der Waals surface area contributed by atoms with Crippen molar-refractivity contribution in [2.45, 2.75) is 38.5 Å². The van der Waals surface area contributed by atoms with Gasteiger partial charge in [0.15, 0.2) is 0 Å². The van der Waals surface area contributed by atoms with Crippen LogP contribution in [-0.4, -0.2) is 17.4 Å². The number of allylic oxidation sites excluding steroid dienone is 4. The molecule has 1 aromatic carbocycles. The van der Waals surface area contributed by atoms with E-state index in [1.165, 1.54) is 38.5 Å². The Morgan fingerprint density at radius 2 is 1.89 bits per heavy atom. The summed E-state index contributed by atoms with van der Waals surface area (Å²) < 4.78 is 0. The summed E-state index contributed by atoms with van der Waals surface area (Å²) in [5, 5.41) is 3.13. The van der Waals surface area contributed by atoms with Crippen molar-refractivity contribution in [3.05, 3.63) is 72.1 Å². The van der Waals surface area contributed by atoms with Crippen molar-refractivity contribution < 1.29 is 7.65 Å². The summed E-state index contributed by atoms with van der Waals surface area (Å²) in [5.74, 6) is 1.32. The van der Waals surface area contributed by atoms with Crippen molar-refractivity contribution in [1.82, 2.24) is 10.3 Å². The van der Waals surface area contributed by atoms with Gasteiger partial charge in [-0.2, -0.15) is 0 Å². The summed E-state index contributed by atoms with van der Waals surface area (Å²) in [4.78, 5) is 15.6. The number of aromatic nitrogens is 1. The van der Waals surface area contributed by atoms with E-state index in [1.807, 2.05) is 30.5 Å². The first kappa shape index (κ1) is 17.8. The van der Waals surface area contributed by atoms with Crippen LogP contribution in [0.25, 0.3) is 11.1 Å². The Morgan fingerprint density at radius 3 is 2.63 bits per heavy atom. The van der Waals surface area contributed by atoms with Crippen LogP contribution in [0.2, 0.25) is 0 Å². The number of hydrogen-bond donors (Lipinski definition) is 2. The van der Waals surface area contributed by atoms with E-state index in [-0.39, 0.29) is 8.76 Å². The average molecular weight is 365 g/mol. The van der Waals surface area contributed by atoms with E-state index in [4.69, 9.17) is 0 Å². The van der Waals surface area contributed by atoms with Gasteiger partial charge in [-0.05, 0) is 73.1 Å². The molecule has 2 aliphatic rings. The SMILES string of the molecule is O=C(NCC1CCC(C2=CCCC=C2)CC1)c1cc(-c2ccccc2)c[nH]1.[HH].[HH]. The van der Waals surface area contributed by atoms with Gasteiger partial charge < -0.3 is 10.3 Å². The molecular formula is C24H32N2O. The Labute approximate surface area is 164 Å². The maximum absolute atomic E-state index is 12.5. The maximum atomic E-state index is 12.5. The van der Waals surface area contributed by atoms with Gasteiger partial charge in [0.1, 0.15) is 5.69 Å². The van der Waals surface area contributed by atoms with Crippen LogP contribution in [0.15, 0.2) is 66.4 Å². The Kier molecular flexibility index (Phi) is 5.57. The van der Waals surface area contributed by atoms with Crippen LogP contribution in [0, 0.1) is 11.8 Å². The lowest BCUT2D eigenvalue weighted by atomic mass is 9.77. The van der Waals surface area contributed by atoms with E-state index in [0.29, 0.717) is 11.6 Å². The topological polar surface area (TPSA) is 44.9 Å². The Hall–Kier alpha value is -2.55. The van der Waals surface area contributed by atoms with Crippen molar-refractivity contribution in [2.75, 3.05) is 6.54 Å². The highest BCUT2D eigenvalue weighted by molar-refractivity contribution is 5.93. The molecule has 0 saturated heterocycles. The van der Waals surface area contributed by atoms with Gasteiger partial charge in [0.05, 0.1) is 0 Å². The Balaban J connectivity index is 0.00000150. The molecule has 4 rings (SSSR count). The molecule has 1 amide bonds. The highest BCUT2D eigenvalue weighted by Gasteiger charge is 2.23. The Bertz CT molecular complexity index is 834. The quantitative estimate of drug-likeness (QED) is 0.673. The largest absolute Gasteiger partial charge is 0.357 e. The lowest BCUT2D eigenvalue weighted by Gasteiger charge is -2.30. The molecule has 1 fully saturated rings. The molecule has 3 nitrogen and oxygen atoms in total. The van der Waals surface area contributed by atoms with Gasteiger partial charge in [-0.15, -0.1) is 0 Å². The third kappa shape index (κ3) is 4.41. The molecular weight excluding hydrogens is 332 g/mol. The first-order valence-electron chi connectivity index (χ1n) is 10.2. The van der Waals surface area contributed by atoms with Crippen LogP contribution in [0.1, 0.15) is 51.9 Å². The lowest BCUT2D eigenvalue weighted by molar-refractivity contribution is 0.0938. The number of amides is 1. The first-order valence-corrected chi connectivity index (χ1v) is 10.2. The van der Waals surface area contributed by atoms with Gasteiger partial charge in [-0.3, -0.25) is 4.79 Å². The molecule has 2 aliphatic carbocycles. The van der Waals surface area contributed by atoms with Crippen molar-refractivity contribution in [1.29, 1.82) is 0 Å². The van der Waals surface area contributed by atoms with Gasteiger partial charge in [-0.25, -0.2) is 0 Å². The molecule has 0 spiro atoms. The maximum Gasteiger partial charge on any atom is 0.267 e. The highest BCUT2D eigenvalue weighted by atomic mass is 16.1. The summed E-state index contributed by atoms with van der Waals surface area (Å²) in [7, 11) is 0. The minimum Gasteiger partial charge on any atom is -0.357 e. The van der Waals surface area contributed by atoms with Crippen molar-refractivity contribution in [2.24, 2.45) is 11.8 Å². The number of carbonyl (C=O) groups excluding carboxylic acids is 1. The zero-order valence-corrected chi connectivity index (χ0v) is 15.8. The van der Waals surface area contributed by atoms with Crippen LogP contribution in [-0.2, 0) is 0 Å². The van der Waals surface area contributed by atoms with Crippen LogP contribution < -0.4 is 5.32 Å². The third-order valence-corrected chi connectivity index (χ3v) is 5.93. The predicted octanol–water partition coefficient (Wildman–Crippen LogP) is 5.99. The zero-order chi connectivity index (χ0) is 18.5. The number of H-pyrrole nitrogens is 1. The molecule has 0 aliphatic heterocycles. The number of benzene rings is 1. The smallest absolute Gasteiger partial charge is 0.267 e. The molecule has 1 aromatic heterocycles. The minimum absolute atomic E-state index is 0. The van der Waals surface area contributed by atoms with Crippen LogP contribution in [0.4, 0.5) is 0 Å². The zero-order valence-electron chi connectivity index (χ0n) is 15.8. The molecule has 1 saturated carbocycles. The standard InChI is InChI=1S/C24H28N2O.2H2/c27-24(23-15-22(17-25-23)20-9-5-2-6-10-20)26-16-18-11-13-21(14-12-18)19-7-3-1-4-8-19;;/h2-3,5-10,15,17-18,21,25H,1,4,11-14,16H2,(H,26,27);2*1H. The second-order valence-electron chi connectivity index (χ2n) is 7.78. The molecule has 0 unspecified atom stereocenters. The fraction of sp³-hybridized carbons (Fsp3) is 0.375. The molecule has 144 valence electrons. The summed E-state index contributed by atoms with van der Waals surface area (Å²) in [6.07, 6.45) is 16.2. The molecule has 2 N–H and O–H groups in total. The second kappa shape index (κ2) is 8.43. The summed E-state index contributed by atoms with van der Waals surface area (Å²) >= 11 is 0. The van der Waals surface area contributed by atoms with Crippen LogP contribution >= 0.6 is 0 Å². The summed E-state index contributed by atoms with van der Waals surface area (Å²) in [6, 6.07) is 12.1. The van der Waals surface area contributed by atoms with Gasteiger partial charge in [0.2, 0.25) is 0 Å². The van der Waals surface area contributed by atoms with E-state index in [0.717, 1.165) is 23.6 Å². The number of nitrogens with one attached hydrogen (secondary N) is 2. The number of aromatic amines is 1. The molecule has 0 radical (unpaired) electrons. The summed E-state index contributed by atoms with van der Waals surface area (Å²) in [6.45, 7) is 0.778. The molecule has 1 heterocycles. The van der Waals surface area contributed by atoms with E-state index in [9.17, 15) is 4.79 Å². The minimum atomic E-state index is -0.00257. The molecule has 0 atom stereocenters. The molecule has 0 bridgehead atoms. The molecule has 2 aromatic rings. The molecule has 3 heteroatoms. The van der Waals surface area contributed by atoms with Crippen LogP contribution in [0.5, 0.6) is 0 Å². The monoisotopic (exact) mass is 364 g/mol. The summed E-state index contributed by atoms with van der Waals surface area (Å²) in [5.41, 5.74) is 4.36. The Morgan fingerprint density at radius 1 is 1.07 bits per heavy atom. The first-order chi connectivity index (χ1) is 13.3. The van der Waals surface area contributed by atoms with Crippen molar-refractivity contribution in [3.63, 3.8) is 0 Å². The van der Waals surface area contributed by atoms with Gasteiger partial charge in [-0.1, -0.05) is 48.6 Å². The fourth-order valence-electron chi connectivity index (χ4n) is 4.29. The van der Waals surface area contributed by atoms with Crippen LogP contribution in [0.3, 0.4) is 0 Å². The molecule has 27 heavy (non-hydrogen) atoms. The van der Waals surface area contributed by atoms with Crippen molar-refractivity contribution >= 4 is 5.91 Å². The van der Waals surface area contributed by atoms with Crippen molar-refractivity contribution in [3.8, 4) is 11.1 Å². The van der Waals surface area contributed by atoms with E-state index >= 15 is 0 Å². The normalized spacial score (nSPS) is 22.3. The van der Waals surface area contributed by atoms with E-state index in [1.54, 1.807) is 5.57 Å². The number of carbonyl (C=O) groups is 1. The number of hydrogen-bond acceptors (Lipinski definition) is 1. The van der Waals surface area contributed by atoms with Gasteiger partial charge >= 0.3 is 0 Å². The second-order valence-corrected chi connectivity index (χ2v) is 7.78. The van der Waals surface area contributed by atoms with E-state index < -0.39 is 0 Å². The highest BCUT2D eigenvalue weighted by Crippen LogP contribution is 2.34. The number of rotatable bonds is 5. The predicted molar refractivity (Wildman–Crippen MR) is 115 cm³/mol. The van der Waals surface area contributed by atoms with Gasteiger partial charge in [0, 0.05) is 15.6 Å². The lowest BCUT2D eigenvalue weighted by Crippen LogP contribution is -2.31. The fourth-order valence-corrected chi connectivity index (χ4v) is 4.29.